The third-order valence-corrected chi connectivity index (χ3v) is 3.46. The maximum absolute atomic E-state index is 12.1. The molecule has 2 rings (SSSR count). The van der Waals surface area contributed by atoms with Crippen LogP contribution in [-0.2, 0) is 17.8 Å². The second kappa shape index (κ2) is 7.22. The summed E-state index contributed by atoms with van der Waals surface area (Å²) in [6.07, 6.45) is 0.670. The Labute approximate surface area is 126 Å². The molecule has 0 unspecified atom stereocenters. The van der Waals surface area contributed by atoms with E-state index < -0.39 is 0 Å². The fourth-order valence-corrected chi connectivity index (χ4v) is 2.16. The molecule has 20 heavy (non-hydrogen) atoms. The van der Waals surface area contributed by atoms with Crippen molar-refractivity contribution in [3.8, 4) is 0 Å². The van der Waals surface area contributed by atoms with E-state index in [1.807, 2.05) is 42.5 Å². The van der Waals surface area contributed by atoms with Gasteiger partial charge in [0.15, 0.2) is 0 Å². The summed E-state index contributed by atoms with van der Waals surface area (Å²) in [5, 5.41) is 0. The normalized spacial score (nSPS) is 10.3. The molecule has 0 aliphatic heterocycles. The number of ether oxygens (including phenoxy) is 1. The van der Waals surface area contributed by atoms with Crippen molar-refractivity contribution in [1.82, 2.24) is 0 Å². The molecule has 2 aromatic carbocycles. The summed E-state index contributed by atoms with van der Waals surface area (Å²) in [5.74, 6) is -0.308. The standard InChI is InChI=1S/C16H16BrNO2/c17-14-7-5-12(6-8-14)11-20-16(19)15-4-2-1-3-13(15)9-10-18/h1-8H,9-11,18H2. The van der Waals surface area contributed by atoms with Gasteiger partial charge in [-0.05, 0) is 42.3 Å². The summed E-state index contributed by atoms with van der Waals surface area (Å²) < 4.78 is 6.35. The average Bonchev–Trinajstić information content (AvgIpc) is 2.47. The molecule has 0 fully saturated rings. The average molecular weight is 334 g/mol. The number of esters is 1. The number of carbonyl (C=O) groups is 1. The number of carbonyl (C=O) groups excluding carboxylic acids is 1. The summed E-state index contributed by atoms with van der Waals surface area (Å²) in [6, 6.07) is 15.1. The lowest BCUT2D eigenvalue weighted by atomic mass is 10.0. The molecule has 104 valence electrons. The van der Waals surface area contributed by atoms with Gasteiger partial charge in [0.1, 0.15) is 6.61 Å². The Kier molecular flexibility index (Phi) is 5.32. The molecule has 0 saturated heterocycles. The minimum atomic E-state index is -0.308. The van der Waals surface area contributed by atoms with Gasteiger partial charge in [-0.15, -0.1) is 0 Å². The van der Waals surface area contributed by atoms with Gasteiger partial charge in [0.25, 0.3) is 0 Å². The summed E-state index contributed by atoms with van der Waals surface area (Å²) in [6.45, 7) is 0.778. The maximum atomic E-state index is 12.1. The van der Waals surface area contributed by atoms with Crippen LogP contribution in [0.3, 0.4) is 0 Å². The van der Waals surface area contributed by atoms with Gasteiger partial charge in [0.2, 0.25) is 0 Å². The minimum absolute atomic E-state index is 0.267. The summed E-state index contributed by atoms with van der Waals surface area (Å²) >= 11 is 3.37. The predicted octanol–water partition coefficient (Wildman–Crippen LogP) is 3.31. The molecule has 2 aromatic rings. The van der Waals surface area contributed by atoms with Crippen LogP contribution < -0.4 is 5.73 Å². The SMILES string of the molecule is NCCc1ccccc1C(=O)OCc1ccc(Br)cc1. The zero-order chi connectivity index (χ0) is 14.4. The topological polar surface area (TPSA) is 52.3 Å². The van der Waals surface area contributed by atoms with E-state index in [0.29, 0.717) is 18.5 Å². The maximum Gasteiger partial charge on any atom is 0.338 e. The lowest BCUT2D eigenvalue weighted by Gasteiger charge is -2.09. The predicted molar refractivity (Wildman–Crippen MR) is 82.5 cm³/mol. The molecule has 2 N–H and O–H groups in total. The number of hydrogen-bond acceptors (Lipinski definition) is 3. The molecule has 0 aromatic heterocycles. The van der Waals surface area contributed by atoms with Crippen LogP contribution in [0.4, 0.5) is 0 Å². The van der Waals surface area contributed by atoms with Crippen LogP contribution in [0.2, 0.25) is 0 Å². The summed E-state index contributed by atoms with van der Waals surface area (Å²) in [7, 11) is 0. The lowest BCUT2D eigenvalue weighted by Crippen LogP contribution is -2.11. The van der Waals surface area contributed by atoms with E-state index in [1.54, 1.807) is 6.07 Å². The van der Waals surface area contributed by atoms with Gasteiger partial charge in [-0.25, -0.2) is 4.79 Å². The fraction of sp³-hybridized carbons (Fsp3) is 0.188. The van der Waals surface area contributed by atoms with Gasteiger partial charge in [0, 0.05) is 4.47 Å². The van der Waals surface area contributed by atoms with E-state index in [9.17, 15) is 4.79 Å². The quantitative estimate of drug-likeness (QED) is 0.854. The first-order valence-electron chi connectivity index (χ1n) is 6.40. The van der Waals surface area contributed by atoms with Crippen molar-refractivity contribution in [1.29, 1.82) is 0 Å². The lowest BCUT2D eigenvalue weighted by molar-refractivity contribution is 0.0471. The zero-order valence-electron chi connectivity index (χ0n) is 11.0. The summed E-state index contributed by atoms with van der Waals surface area (Å²) in [4.78, 5) is 12.1. The van der Waals surface area contributed by atoms with Crippen LogP contribution in [-0.4, -0.2) is 12.5 Å². The Bertz CT molecular complexity index is 581. The molecule has 0 radical (unpaired) electrons. The molecule has 0 amide bonds. The number of hydrogen-bond donors (Lipinski definition) is 1. The molecular weight excluding hydrogens is 318 g/mol. The van der Waals surface area contributed by atoms with Crippen molar-refractivity contribution in [3.63, 3.8) is 0 Å². The van der Waals surface area contributed by atoms with Crippen LogP contribution in [0.5, 0.6) is 0 Å². The molecule has 4 heteroatoms. The van der Waals surface area contributed by atoms with Crippen molar-refractivity contribution in [2.75, 3.05) is 6.54 Å². The Balaban J connectivity index is 2.03. The van der Waals surface area contributed by atoms with Gasteiger partial charge in [-0.1, -0.05) is 46.3 Å². The third kappa shape index (κ3) is 3.92. The number of benzene rings is 2. The van der Waals surface area contributed by atoms with Crippen molar-refractivity contribution in [2.45, 2.75) is 13.0 Å². The largest absolute Gasteiger partial charge is 0.457 e. The zero-order valence-corrected chi connectivity index (χ0v) is 12.6. The minimum Gasteiger partial charge on any atom is -0.457 e. The Morgan fingerprint density at radius 1 is 1.10 bits per heavy atom. The highest BCUT2D eigenvalue weighted by Gasteiger charge is 2.11. The van der Waals surface area contributed by atoms with E-state index in [0.717, 1.165) is 15.6 Å². The second-order valence-corrected chi connectivity index (χ2v) is 5.31. The summed E-state index contributed by atoms with van der Waals surface area (Å²) in [5.41, 5.74) is 8.03. The van der Waals surface area contributed by atoms with E-state index >= 15 is 0 Å². The molecule has 0 bridgehead atoms. The molecule has 0 aliphatic carbocycles. The molecule has 0 aliphatic rings. The van der Waals surface area contributed by atoms with Crippen LogP contribution in [0.15, 0.2) is 53.0 Å². The van der Waals surface area contributed by atoms with Crippen molar-refractivity contribution in [3.05, 3.63) is 69.7 Å². The van der Waals surface area contributed by atoms with Gasteiger partial charge in [-0.2, -0.15) is 0 Å². The fourth-order valence-electron chi connectivity index (χ4n) is 1.90. The highest BCUT2D eigenvalue weighted by Crippen LogP contribution is 2.14. The first-order chi connectivity index (χ1) is 9.70. The Hall–Kier alpha value is -1.65. The van der Waals surface area contributed by atoms with E-state index in [2.05, 4.69) is 15.9 Å². The van der Waals surface area contributed by atoms with E-state index in [4.69, 9.17) is 10.5 Å². The molecular formula is C16H16BrNO2. The smallest absolute Gasteiger partial charge is 0.338 e. The van der Waals surface area contributed by atoms with Crippen LogP contribution in [0.25, 0.3) is 0 Å². The second-order valence-electron chi connectivity index (χ2n) is 4.40. The highest BCUT2D eigenvalue weighted by molar-refractivity contribution is 9.10. The van der Waals surface area contributed by atoms with Crippen molar-refractivity contribution in [2.24, 2.45) is 5.73 Å². The Morgan fingerprint density at radius 3 is 2.50 bits per heavy atom. The molecule has 0 saturated carbocycles. The number of halogens is 1. The number of nitrogens with two attached hydrogens (primary N) is 1. The van der Waals surface area contributed by atoms with Gasteiger partial charge >= 0.3 is 5.97 Å². The highest BCUT2D eigenvalue weighted by atomic mass is 79.9. The first kappa shape index (κ1) is 14.8. The molecule has 0 heterocycles. The Morgan fingerprint density at radius 2 is 1.80 bits per heavy atom. The van der Waals surface area contributed by atoms with Crippen LogP contribution in [0.1, 0.15) is 21.5 Å². The van der Waals surface area contributed by atoms with Crippen LogP contribution in [0, 0.1) is 0 Å². The third-order valence-electron chi connectivity index (χ3n) is 2.93. The van der Waals surface area contributed by atoms with Crippen molar-refractivity contribution < 1.29 is 9.53 Å². The van der Waals surface area contributed by atoms with E-state index in [1.165, 1.54) is 0 Å². The first-order valence-corrected chi connectivity index (χ1v) is 7.19. The molecule has 0 atom stereocenters. The molecule has 3 nitrogen and oxygen atoms in total. The van der Waals surface area contributed by atoms with Gasteiger partial charge in [0.05, 0.1) is 5.56 Å². The molecule has 0 spiro atoms. The number of rotatable bonds is 5. The monoisotopic (exact) mass is 333 g/mol. The van der Waals surface area contributed by atoms with Gasteiger partial charge in [-0.3, -0.25) is 0 Å². The van der Waals surface area contributed by atoms with E-state index in [-0.39, 0.29) is 12.6 Å². The van der Waals surface area contributed by atoms with Gasteiger partial charge < -0.3 is 10.5 Å². The van der Waals surface area contributed by atoms with Crippen molar-refractivity contribution >= 4 is 21.9 Å². The van der Waals surface area contributed by atoms with Crippen LogP contribution >= 0.6 is 15.9 Å².